The SMILES string of the molecule is CNC(=O)c1cc(N2CCNCC2)c(C(F)(F)F)[nH]c1=O. The molecule has 1 aromatic rings. The highest BCUT2D eigenvalue weighted by Crippen LogP contribution is 2.34. The molecule has 0 radical (unpaired) electrons. The molecule has 1 aliphatic rings. The number of carbonyl (C=O) groups excluding carboxylic acids is 1. The third kappa shape index (κ3) is 3.18. The van der Waals surface area contributed by atoms with Gasteiger partial charge in [-0.2, -0.15) is 13.2 Å². The number of aromatic amines is 1. The van der Waals surface area contributed by atoms with E-state index in [4.69, 9.17) is 0 Å². The smallest absolute Gasteiger partial charge is 0.367 e. The topological polar surface area (TPSA) is 77.2 Å². The van der Waals surface area contributed by atoms with E-state index in [1.54, 1.807) is 4.98 Å². The van der Waals surface area contributed by atoms with Crippen LogP contribution in [0.4, 0.5) is 18.9 Å². The lowest BCUT2D eigenvalue weighted by Gasteiger charge is -2.31. The van der Waals surface area contributed by atoms with E-state index in [1.807, 2.05) is 0 Å². The van der Waals surface area contributed by atoms with Gasteiger partial charge >= 0.3 is 6.18 Å². The number of anilines is 1. The zero-order valence-electron chi connectivity index (χ0n) is 11.3. The summed E-state index contributed by atoms with van der Waals surface area (Å²) in [7, 11) is 1.31. The van der Waals surface area contributed by atoms with Crippen molar-refractivity contribution in [2.75, 3.05) is 38.1 Å². The van der Waals surface area contributed by atoms with Crippen LogP contribution in [0.5, 0.6) is 0 Å². The molecule has 1 amide bonds. The number of halogens is 3. The third-order valence-electron chi connectivity index (χ3n) is 3.23. The van der Waals surface area contributed by atoms with Gasteiger partial charge in [-0.1, -0.05) is 0 Å². The summed E-state index contributed by atoms with van der Waals surface area (Å²) in [4.78, 5) is 26.6. The highest BCUT2D eigenvalue weighted by Gasteiger charge is 2.37. The zero-order valence-corrected chi connectivity index (χ0v) is 11.3. The number of aromatic nitrogens is 1. The molecule has 6 nitrogen and oxygen atoms in total. The second kappa shape index (κ2) is 5.76. The molecule has 1 saturated heterocycles. The van der Waals surface area contributed by atoms with Crippen LogP contribution in [0.1, 0.15) is 16.1 Å². The van der Waals surface area contributed by atoms with Gasteiger partial charge in [0.15, 0.2) is 0 Å². The Morgan fingerprint density at radius 2 is 1.95 bits per heavy atom. The van der Waals surface area contributed by atoms with Crippen molar-refractivity contribution in [3.63, 3.8) is 0 Å². The molecule has 0 saturated carbocycles. The molecule has 0 bridgehead atoms. The van der Waals surface area contributed by atoms with Gasteiger partial charge in [-0.15, -0.1) is 0 Å². The normalized spacial score (nSPS) is 15.9. The summed E-state index contributed by atoms with van der Waals surface area (Å²) in [5.41, 5.74) is -2.69. The Balaban J connectivity index is 2.57. The van der Waals surface area contributed by atoms with E-state index in [0.29, 0.717) is 26.2 Å². The van der Waals surface area contributed by atoms with E-state index in [1.165, 1.54) is 11.9 Å². The van der Waals surface area contributed by atoms with Gasteiger partial charge in [-0.25, -0.2) is 0 Å². The van der Waals surface area contributed by atoms with Crippen molar-refractivity contribution in [3.05, 3.63) is 27.7 Å². The molecule has 21 heavy (non-hydrogen) atoms. The van der Waals surface area contributed by atoms with Gasteiger partial charge in [0.2, 0.25) is 0 Å². The number of hydrogen-bond acceptors (Lipinski definition) is 4. The van der Waals surface area contributed by atoms with Crippen LogP contribution >= 0.6 is 0 Å². The predicted molar refractivity (Wildman–Crippen MR) is 70.5 cm³/mol. The Morgan fingerprint density at radius 3 is 2.48 bits per heavy atom. The Kier molecular flexibility index (Phi) is 4.21. The van der Waals surface area contributed by atoms with Crippen LogP contribution in [0, 0.1) is 0 Å². The van der Waals surface area contributed by atoms with Gasteiger partial charge in [0.25, 0.3) is 11.5 Å². The summed E-state index contributed by atoms with van der Waals surface area (Å²) in [6, 6.07) is 1.01. The number of carbonyl (C=O) groups is 1. The van der Waals surface area contributed by atoms with E-state index >= 15 is 0 Å². The van der Waals surface area contributed by atoms with Gasteiger partial charge < -0.3 is 20.5 Å². The quantitative estimate of drug-likeness (QED) is 0.727. The molecule has 1 aliphatic heterocycles. The number of H-pyrrole nitrogens is 1. The molecule has 0 spiro atoms. The first-order valence-electron chi connectivity index (χ1n) is 6.37. The summed E-state index contributed by atoms with van der Waals surface area (Å²) in [6.45, 7) is 1.79. The molecule has 0 unspecified atom stereocenters. The monoisotopic (exact) mass is 304 g/mol. The molecule has 2 rings (SSSR count). The van der Waals surface area contributed by atoms with Crippen LogP contribution in [0.2, 0.25) is 0 Å². The fraction of sp³-hybridized carbons (Fsp3) is 0.500. The van der Waals surface area contributed by atoms with Crippen molar-refractivity contribution >= 4 is 11.6 Å². The number of hydrogen-bond donors (Lipinski definition) is 3. The number of nitrogens with zero attached hydrogens (tertiary/aromatic N) is 1. The van der Waals surface area contributed by atoms with Crippen LogP contribution in [-0.4, -0.2) is 44.1 Å². The Morgan fingerprint density at radius 1 is 1.33 bits per heavy atom. The molecule has 2 heterocycles. The maximum atomic E-state index is 13.1. The first-order valence-corrected chi connectivity index (χ1v) is 6.37. The standard InChI is InChI=1S/C12H15F3N4O2/c1-16-10(20)7-6-8(19-4-2-17-3-5-19)9(12(13,14)15)18-11(7)21/h6,17H,2-5H2,1H3,(H,16,20)(H,18,21). The van der Waals surface area contributed by atoms with Crippen molar-refractivity contribution in [1.29, 1.82) is 0 Å². The molecule has 116 valence electrons. The van der Waals surface area contributed by atoms with E-state index < -0.39 is 23.3 Å². The Hall–Kier alpha value is -2.03. The average molecular weight is 304 g/mol. The number of amides is 1. The van der Waals surface area contributed by atoms with Crippen LogP contribution < -0.4 is 21.1 Å². The fourth-order valence-electron chi connectivity index (χ4n) is 2.19. The molecular formula is C12H15F3N4O2. The van der Waals surface area contributed by atoms with Gasteiger partial charge in [0.05, 0.1) is 5.69 Å². The molecule has 1 aromatic heterocycles. The largest absolute Gasteiger partial charge is 0.433 e. The molecule has 0 aromatic carbocycles. The van der Waals surface area contributed by atoms with Crippen molar-refractivity contribution in [2.45, 2.75) is 6.18 Å². The van der Waals surface area contributed by atoms with Crippen molar-refractivity contribution < 1.29 is 18.0 Å². The van der Waals surface area contributed by atoms with Crippen molar-refractivity contribution in [2.24, 2.45) is 0 Å². The first kappa shape index (κ1) is 15.4. The minimum Gasteiger partial charge on any atom is -0.367 e. The summed E-state index contributed by atoms with van der Waals surface area (Å²) >= 11 is 0. The van der Waals surface area contributed by atoms with Gasteiger partial charge in [-0.05, 0) is 6.07 Å². The van der Waals surface area contributed by atoms with E-state index in [-0.39, 0.29) is 11.3 Å². The average Bonchev–Trinajstić information content (AvgIpc) is 2.46. The van der Waals surface area contributed by atoms with Crippen LogP contribution in [-0.2, 0) is 6.18 Å². The van der Waals surface area contributed by atoms with E-state index in [2.05, 4.69) is 10.6 Å². The highest BCUT2D eigenvalue weighted by molar-refractivity contribution is 5.94. The fourth-order valence-corrected chi connectivity index (χ4v) is 2.19. The van der Waals surface area contributed by atoms with E-state index in [0.717, 1.165) is 6.07 Å². The van der Waals surface area contributed by atoms with Gasteiger partial charge in [0, 0.05) is 33.2 Å². The van der Waals surface area contributed by atoms with Gasteiger partial charge in [0.1, 0.15) is 11.3 Å². The second-order valence-electron chi connectivity index (χ2n) is 4.59. The van der Waals surface area contributed by atoms with Crippen molar-refractivity contribution in [1.82, 2.24) is 15.6 Å². The molecule has 0 atom stereocenters. The predicted octanol–water partition coefficient (Wildman–Crippen LogP) is 0.163. The minimum absolute atomic E-state index is 0.179. The number of alkyl halides is 3. The second-order valence-corrected chi connectivity index (χ2v) is 4.59. The third-order valence-corrected chi connectivity index (χ3v) is 3.23. The first-order chi connectivity index (χ1) is 9.84. The number of rotatable bonds is 2. The lowest BCUT2D eigenvalue weighted by molar-refractivity contribution is -0.140. The van der Waals surface area contributed by atoms with Crippen LogP contribution in [0.15, 0.2) is 10.9 Å². The Labute approximate surface area is 118 Å². The molecule has 1 fully saturated rings. The molecule has 0 aliphatic carbocycles. The number of nitrogens with one attached hydrogen (secondary N) is 3. The van der Waals surface area contributed by atoms with Crippen LogP contribution in [0.25, 0.3) is 0 Å². The number of piperazine rings is 1. The minimum atomic E-state index is -4.69. The zero-order chi connectivity index (χ0) is 15.6. The lowest BCUT2D eigenvalue weighted by atomic mass is 10.1. The summed E-state index contributed by atoms with van der Waals surface area (Å²) < 4.78 is 39.3. The highest BCUT2D eigenvalue weighted by atomic mass is 19.4. The van der Waals surface area contributed by atoms with Crippen LogP contribution in [0.3, 0.4) is 0 Å². The molecule has 9 heteroatoms. The lowest BCUT2D eigenvalue weighted by Crippen LogP contribution is -2.45. The molecule has 3 N–H and O–H groups in total. The number of pyridine rings is 1. The maximum Gasteiger partial charge on any atom is 0.433 e. The maximum absolute atomic E-state index is 13.1. The molecular weight excluding hydrogens is 289 g/mol. The van der Waals surface area contributed by atoms with Crippen molar-refractivity contribution in [3.8, 4) is 0 Å². The Bertz CT molecular complexity index is 591. The van der Waals surface area contributed by atoms with Gasteiger partial charge in [-0.3, -0.25) is 9.59 Å². The summed E-state index contributed by atoms with van der Waals surface area (Å²) in [5, 5.41) is 5.27. The van der Waals surface area contributed by atoms with E-state index in [9.17, 15) is 22.8 Å². The summed E-state index contributed by atoms with van der Waals surface area (Å²) in [6.07, 6.45) is -4.69. The summed E-state index contributed by atoms with van der Waals surface area (Å²) in [5.74, 6) is -0.721.